The monoisotopic (exact) mass is 305 g/mol. The Labute approximate surface area is 128 Å². The zero-order valence-corrected chi connectivity index (χ0v) is 12.5. The second-order valence-corrected chi connectivity index (χ2v) is 5.06. The molecule has 0 aromatic heterocycles. The lowest BCUT2D eigenvalue weighted by atomic mass is 10.0. The van der Waals surface area contributed by atoms with Crippen molar-refractivity contribution in [2.75, 3.05) is 13.2 Å². The van der Waals surface area contributed by atoms with Crippen molar-refractivity contribution >= 4 is 18.0 Å². The minimum absolute atomic E-state index is 0.111. The highest BCUT2D eigenvalue weighted by Gasteiger charge is 2.14. The van der Waals surface area contributed by atoms with Crippen molar-refractivity contribution in [2.24, 2.45) is 0 Å². The molecule has 0 bridgehead atoms. The van der Waals surface area contributed by atoms with Crippen LogP contribution in [0.15, 0.2) is 18.2 Å². The molecule has 118 valence electrons. The predicted molar refractivity (Wildman–Crippen MR) is 78.3 cm³/mol. The molecule has 0 heterocycles. The molecule has 0 fully saturated rings. The highest BCUT2D eigenvalue weighted by atomic mass is 16.6. The number of aryl methyl sites for hydroxylation is 2. The minimum Gasteiger partial charge on any atom is -0.455 e. The number of imide groups is 1. The van der Waals surface area contributed by atoms with Crippen LogP contribution in [0, 0.1) is 0 Å². The second-order valence-electron chi connectivity index (χ2n) is 5.06. The summed E-state index contributed by atoms with van der Waals surface area (Å²) in [4.78, 5) is 34.1. The van der Waals surface area contributed by atoms with Crippen molar-refractivity contribution in [3.8, 4) is 0 Å². The Morgan fingerprint density at radius 2 is 1.91 bits per heavy atom. The number of amides is 2. The van der Waals surface area contributed by atoms with E-state index in [9.17, 15) is 14.4 Å². The first kappa shape index (κ1) is 16.0. The number of benzene rings is 1. The number of fused-ring (bicyclic) bond motifs is 1. The van der Waals surface area contributed by atoms with Crippen molar-refractivity contribution in [3.63, 3.8) is 0 Å². The van der Waals surface area contributed by atoms with Crippen LogP contribution in [0.25, 0.3) is 0 Å². The Morgan fingerprint density at radius 1 is 1.14 bits per heavy atom. The highest BCUT2D eigenvalue weighted by molar-refractivity contribution is 5.93. The second kappa shape index (κ2) is 7.59. The largest absolute Gasteiger partial charge is 0.455 e. The zero-order chi connectivity index (χ0) is 15.9. The van der Waals surface area contributed by atoms with Crippen LogP contribution in [0.3, 0.4) is 0 Å². The first-order chi connectivity index (χ1) is 10.6. The van der Waals surface area contributed by atoms with Gasteiger partial charge in [-0.1, -0.05) is 18.2 Å². The first-order valence-corrected chi connectivity index (χ1v) is 7.31. The normalized spacial score (nSPS) is 12.4. The van der Waals surface area contributed by atoms with E-state index in [0.717, 1.165) is 24.8 Å². The van der Waals surface area contributed by atoms with Crippen molar-refractivity contribution in [3.05, 3.63) is 34.9 Å². The summed E-state index contributed by atoms with van der Waals surface area (Å²) < 4.78 is 9.39. The fourth-order valence-electron chi connectivity index (χ4n) is 2.42. The Hall–Kier alpha value is -2.37. The molecular formula is C16H19NO5. The molecule has 0 aliphatic heterocycles. The van der Waals surface area contributed by atoms with Crippen molar-refractivity contribution in [1.82, 2.24) is 5.32 Å². The Morgan fingerprint density at radius 3 is 2.68 bits per heavy atom. The third kappa shape index (κ3) is 4.58. The molecular weight excluding hydrogens is 286 g/mol. The molecule has 1 aromatic carbocycles. The van der Waals surface area contributed by atoms with Crippen molar-refractivity contribution < 1.29 is 23.9 Å². The van der Waals surface area contributed by atoms with Gasteiger partial charge in [0.05, 0.1) is 13.0 Å². The third-order valence-electron chi connectivity index (χ3n) is 3.39. The SMILES string of the molecule is CCOC(=O)NC(=O)COC(=O)Cc1ccc2c(c1)CCC2. The number of esters is 1. The Balaban J connectivity index is 1.76. The summed E-state index contributed by atoms with van der Waals surface area (Å²) in [6.07, 6.45) is 2.55. The molecule has 1 aliphatic rings. The molecule has 22 heavy (non-hydrogen) atoms. The molecule has 6 heteroatoms. The smallest absolute Gasteiger partial charge is 0.413 e. The van der Waals surface area contributed by atoms with Gasteiger partial charge < -0.3 is 9.47 Å². The number of rotatable bonds is 5. The molecule has 1 aliphatic carbocycles. The summed E-state index contributed by atoms with van der Waals surface area (Å²) in [5.74, 6) is -1.21. The molecule has 0 unspecified atom stereocenters. The lowest BCUT2D eigenvalue weighted by Crippen LogP contribution is -2.34. The molecule has 6 nitrogen and oxygen atoms in total. The van der Waals surface area contributed by atoms with Crippen LogP contribution in [0.1, 0.15) is 30.0 Å². The van der Waals surface area contributed by atoms with Gasteiger partial charge in [0.15, 0.2) is 6.61 Å². The van der Waals surface area contributed by atoms with Crippen LogP contribution in [-0.2, 0) is 38.3 Å². The van der Waals surface area contributed by atoms with Gasteiger partial charge in [0.1, 0.15) is 0 Å². The van der Waals surface area contributed by atoms with Crippen LogP contribution in [0.2, 0.25) is 0 Å². The zero-order valence-electron chi connectivity index (χ0n) is 12.5. The number of carbonyl (C=O) groups is 3. The fraction of sp³-hybridized carbons (Fsp3) is 0.438. The minimum atomic E-state index is -0.845. The maximum absolute atomic E-state index is 11.7. The average molecular weight is 305 g/mol. The first-order valence-electron chi connectivity index (χ1n) is 7.31. The molecule has 0 atom stereocenters. The van der Waals surface area contributed by atoms with Crippen LogP contribution in [-0.4, -0.2) is 31.2 Å². The molecule has 0 radical (unpaired) electrons. The quantitative estimate of drug-likeness (QED) is 0.834. The van der Waals surface area contributed by atoms with Gasteiger partial charge in [-0.3, -0.25) is 14.9 Å². The van der Waals surface area contributed by atoms with E-state index >= 15 is 0 Å². The Bertz CT molecular complexity index is 582. The van der Waals surface area contributed by atoms with Gasteiger partial charge in [-0.05, 0) is 42.9 Å². The molecule has 1 N–H and O–H groups in total. The van der Waals surface area contributed by atoms with E-state index in [2.05, 4.69) is 4.74 Å². The number of nitrogens with one attached hydrogen (secondary N) is 1. The number of hydrogen-bond acceptors (Lipinski definition) is 5. The number of alkyl carbamates (subject to hydrolysis) is 1. The van der Waals surface area contributed by atoms with Crippen molar-refractivity contribution in [1.29, 1.82) is 0 Å². The summed E-state index contributed by atoms with van der Waals surface area (Å²) in [6, 6.07) is 5.96. The molecule has 1 aromatic rings. The molecule has 0 saturated heterocycles. The fourth-order valence-corrected chi connectivity index (χ4v) is 2.42. The van der Waals surface area contributed by atoms with Crippen LogP contribution in [0.4, 0.5) is 4.79 Å². The molecule has 0 spiro atoms. The Kier molecular flexibility index (Phi) is 5.52. The van der Waals surface area contributed by atoms with E-state index in [1.165, 1.54) is 11.1 Å². The average Bonchev–Trinajstić information content (AvgIpc) is 2.93. The number of ether oxygens (including phenoxy) is 2. The van der Waals surface area contributed by atoms with E-state index in [0.29, 0.717) is 0 Å². The maximum atomic E-state index is 11.7. The van der Waals surface area contributed by atoms with Crippen LogP contribution < -0.4 is 5.32 Å². The molecule has 2 rings (SSSR count). The topological polar surface area (TPSA) is 81.7 Å². The summed E-state index contributed by atoms with van der Waals surface area (Å²) in [7, 11) is 0. The van der Waals surface area contributed by atoms with Gasteiger partial charge in [0.25, 0.3) is 5.91 Å². The van der Waals surface area contributed by atoms with E-state index in [1.54, 1.807) is 6.92 Å². The summed E-state index contributed by atoms with van der Waals surface area (Å²) in [5.41, 5.74) is 3.49. The highest BCUT2D eigenvalue weighted by Crippen LogP contribution is 2.23. The standard InChI is InChI=1S/C16H19NO5/c1-2-21-16(20)17-14(18)10-22-15(19)9-11-6-7-12-4-3-5-13(12)8-11/h6-8H,2-5,9-10H2,1H3,(H,17,18,20). The molecule has 2 amide bonds. The summed E-state index contributed by atoms with van der Waals surface area (Å²) >= 11 is 0. The maximum Gasteiger partial charge on any atom is 0.413 e. The van der Waals surface area contributed by atoms with E-state index in [1.807, 2.05) is 23.5 Å². The lowest BCUT2D eigenvalue weighted by molar-refractivity contribution is -0.147. The van der Waals surface area contributed by atoms with E-state index < -0.39 is 24.6 Å². The van der Waals surface area contributed by atoms with Gasteiger partial charge in [0, 0.05) is 0 Å². The van der Waals surface area contributed by atoms with Gasteiger partial charge in [0.2, 0.25) is 0 Å². The van der Waals surface area contributed by atoms with E-state index in [4.69, 9.17) is 4.74 Å². The van der Waals surface area contributed by atoms with Crippen LogP contribution >= 0.6 is 0 Å². The van der Waals surface area contributed by atoms with Gasteiger partial charge >= 0.3 is 12.1 Å². The van der Waals surface area contributed by atoms with Gasteiger partial charge in [-0.15, -0.1) is 0 Å². The third-order valence-corrected chi connectivity index (χ3v) is 3.39. The molecule has 0 saturated carbocycles. The summed E-state index contributed by atoms with van der Waals surface area (Å²) in [5, 5.41) is 1.96. The van der Waals surface area contributed by atoms with Crippen molar-refractivity contribution in [2.45, 2.75) is 32.6 Å². The number of hydrogen-bond donors (Lipinski definition) is 1. The lowest BCUT2D eigenvalue weighted by Gasteiger charge is -2.07. The predicted octanol–water partition coefficient (Wildman–Crippen LogP) is 1.53. The van der Waals surface area contributed by atoms with Gasteiger partial charge in [-0.25, -0.2) is 4.79 Å². The number of carbonyl (C=O) groups excluding carboxylic acids is 3. The summed E-state index contributed by atoms with van der Waals surface area (Å²) in [6.45, 7) is 1.29. The van der Waals surface area contributed by atoms with Crippen LogP contribution in [0.5, 0.6) is 0 Å². The van der Waals surface area contributed by atoms with Gasteiger partial charge in [-0.2, -0.15) is 0 Å². The van der Waals surface area contributed by atoms with E-state index in [-0.39, 0.29) is 13.0 Å².